The van der Waals surface area contributed by atoms with Crippen molar-refractivity contribution in [2.24, 2.45) is 0 Å². The molecule has 0 spiro atoms. The van der Waals surface area contributed by atoms with E-state index in [0.29, 0.717) is 17.2 Å². The first kappa shape index (κ1) is 12.8. The zero-order valence-electron chi connectivity index (χ0n) is 10.6. The standard InChI is InChI=1S/C14H10BrN3O2/c1-20-14(19)11-3-2-4-12-16-13(17-18(11)12)9-5-7-10(15)8-6-9/h2-8H,1H3. The van der Waals surface area contributed by atoms with Crippen molar-refractivity contribution in [1.82, 2.24) is 14.6 Å². The van der Waals surface area contributed by atoms with Crippen molar-refractivity contribution >= 4 is 27.5 Å². The molecule has 2 heterocycles. The Morgan fingerprint density at radius 1 is 1.20 bits per heavy atom. The molecule has 1 aromatic carbocycles. The molecule has 5 nitrogen and oxygen atoms in total. The largest absolute Gasteiger partial charge is 0.464 e. The maximum absolute atomic E-state index is 11.7. The number of esters is 1. The molecule has 0 amide bonds. The first-order chi connectivity index (χ1) is 9.69. The number of ether oxygens (including phenoxy) is 1. The van der Waals surface area contributed by atoms with Crippen LogP contribution in [0.1, 0.15) is 10.5 Å². The highest BCUT2D eigenvalue weighted by Crippen LogP contribution is 2.20. The lowest BCUT2D eigenvalue weighted by Gasteiger charge is -2.00. The molecule has 3 rings (SSSR count). The third kappa shape index (κ3) is 2.18. The second-order valence-electron chi connectivity index (χ2n) is 4.11. The summed E-state index contributed by atoms with van der Waals surface area (Å²) in [5.41, 5.74) is 1.83. The number of benzene rings is 1. The molecule has 0 N–H and O–H groups in total. The van der Waals surface area contributed by atoms with Gasteiger partial charge < -0.3 is 4.74 Å². The normalized spacial score (nSPS) is 10.7. The van der Waals surface area contributed by atoms with Gasteiger partial charge in [-0.3, -0.25) is 0 Å². The quantitative estimate of drug-likeness (QED) is 0.677. The SMILES string of the molecule is COC(=O)c1cccc2nc(-c3ccc(Br)cc3)nn12. The molecule has 2 aromatic heterocycles. The minimum Gasteiger partial charge on any atom is -0.464 e. The van der Waals surface area contributed by atoms with E-state index in [4.69, 9.17) is 4.74 Å². The summed E-state index contributed by atoms with van der Waals surface area (Å²) in [5.74, 6) is 0.122. The van der Waals surface area contributed by atoms with Crippen LogP contribution in [-0.2, 0) is 4.74 Å². The molecule has 0 unspecified atom stereocenters. The highest BCUT2D eigenvalue weighted by molar-refractivity contribution is 9.10. The van der Waals surface area contributed by atoms with Crippen LogP contribution in [0.2, 0.25) is 0 Å². The van der Waals surface area contributed by atoms with Gasteiger partial charge in [-0.15, -0.1) is 5.10 Å². The molecular formula is C14H10BrN3O2. The Morgan fingerprint density at radius 2 is 1.95 bits per heavy atom. The number of methoxy groups -OCH3 is 1. The molecule has 0 bridgehead atoms. The summed E-state index contributed by atoms with van der Waals surface area (Å²) in [6.07, 6.45) is 0. The molecule has 6 heteroatoms. The lowest BCUT2D eigenvalue weighted by molar-refractivity contribution is 0.0591. The molecule has 20 heavy (non-hydrogen) atoms. The number of carbonyl (C=O) groups is 1. The van der Waals surface area contributed by atoms with Gasteiger partial charge in [0.2, 0.25) is 0 Å². The number of halogens is 1. The van der Waals surface area contributed by atoms with Crippen molar-refractivity contribution in [2.45, 2.75) is 0 Å². The second-order valence-corrected chi connectivity index (χ2v) is 5.03. The number of pyridine rings is 1. The van der Waals surface area contributed by atoms with Gasteiger partial charge in [-0.25, -0.2) is 14.3 Å². The van der Waals surface area contributed by atoms with Gasteiger partial charge >= 0.3 is 5.97 Å². The minimum atomic E-state index is -0.442. The lowest BCUT2D eigenvalue weighted by Crippen LogP contribution is -2.08. The molecule has 0 aliphatic carbocycles. The van der Waals surface area contributed by atoms with Gasteiger partial charge in [0.15, 0.2) is 17.2 Å². The van der Waals surface area contributed by atoms with Crippen LogP contribution in [-0.4, -0.2) is 27.7 Å². The maximum Gasteiger partial charge on any atom is 0.356 e. The van der Waals surface area contributed by atoms with Crippen LogP contribution in [0, 0.1) is 0 Å². The fourth-order valence-corrected chi connectivity index (χ4v) is 2.15. The van der Waals surface area contributed by atoms with Crippen LogP contribution in [0.4, 0.5) is 0 Å². The Hall–Kier alpha value is -2.21. The molecule has 0 radical (unpaired) electrons. The van der Waals surface area contributed by atoms with E-state index >= 15 is 0 Å². The Balaban J connectivity index is 2.15. The predicted molar refractivity (Wildman–Crippen MR) is 77.5 cm³/mol. The Kier molecular flexibility index (Phi) is 3.23. The zero-order chi connectivity index (χ0) is 14.1. The Morgan fingerprint density at radius 3 is 2.65 bits per heavy atom. The van der Waals surface area contributed by atoms with E-state index in [9.17, 15) is 4.79 Å². The summed E-state index contributed by atoms with van der Waals surface area (Å²) in [6.45, 7) is 0. The van der Waals surface area contributed by atoms with Gasteiger partial charge in [-0.2, -0.15) is 0 Å². The van der Waals surface area contributed by atoms with Crippen LogP contribution in [0.5, 0.6) is 0 Å². The fourth-order valence-electron chi connectivity index (χ4n) is 1.89. The number of hydrogen-bond acceptors (Lipinski definition) is 4. The Bertz CT molecular complexity index is 781. The van der Waals surface area contributed by atoms with E-state index in [0.717, 1.165) is 10.0 Å². The maximum atomic E-state index is 11.7. The van der Waals surface area contributed by atoms with E-state index in [2.05, 4.69) is 26.0 Å². The van der Waals surface area contributed by atoms with E-state index in [1.807, 2.05) is 24.3 Å². The average Bonchev–Trinajstić information content (AvgIpc) is 2.91. The molecule has 0 aliphatic heterocycles. The van der Waals surface area contributed by atoms with E-state index < -0.39 is 5.97 Å². The van der Waals surface area contributed by atoms with Crippen LogP contribution in [0.3, 0.4) is 0 Å². The number of fused-ring (bicyclic) bond motifs is 1. The monoisotopic (exact) mass is 331 g/mol. The molecule has 0 atom stereocenters. The van der Waals surface area contributed by atoms with Crippen LogP contribution >= 0.6 is 15.9 Å². The summed E-state index contributed by atoms with van der Waals surface area (Å²) in [6, 6.07) is 12.9. The third-order valence-corrected chi connectivity index (χ3v) is 3.39. The summed E-state index contributed by atoms with van der Waals surface area (Å²) in [4.78, 5) is 16.1. The first-order valence-corrected chi connectivity index (χ1v) is 6.68. The summed E-state index contributed by atoms with van der Waals surface area (Å²) in [5, 5.41) is 4.37. The summed E-state index contributed by atoms with van der Waals surface area (Å²) < 4.78 is 7.22. The number of hydrogen-bond donors (Lipinski definition) is 0. The average molecular weight is 332 g/mol. The summed E-state index contributed by atoms with van der Waals surface area (Å²) in [7, 11) is 1.34. The van der Waals surface area contributed by atoms with Crippen LogP contribution < -0.4 is 0 Å². The van der Waals surface area contributed by atoms with Gasteiger partial charge in [0.1, 0.15) is 0 Å². The van der Waals surface area contributed by atoms with Crippen LogP contribution in [0.25, 0.3) is 17.0 Å². The van der Waals surface area contributed by atoms with Gasteiger partial charge in [0.05, 0.1) is 7.11 Å². The fraction of sp³-hybridized carbons (Fsp3) is 0.0714. The zero-order valence-corrected chi connectivity index (χ0v) is 12.2. The minimum absolute atomic E-state index is 0.348. The molecule has 0 fully saturated rings. The van der Waals surface area contributed by atoms with E-state index in [1.54, 1.807) is 18.2 Å². The van der Waals surface area contributed by atoms with Crippen molar-refractivity contribution < 1.29 is 9.53 Å². The predicted octanol–water partition coefficient (Wildman–Crippen LogP) is 2.95. The summed E-state index contributed by atoms with van der Waals surface area (Å²) >= 11 is 3.39. The lowest BCUT2D eigenvalue weighted by atomic mass is 10.2. The number of nitrogens with zero attached hydrogens (tertiary/aromatic N) is 3. The van der Waals surface area contributed by atoms with Crippen molar-refractivity contribution in [3.8, 4) is 11.4 Å². The highest BCUT2D eigenvalue weighted by atomic mass is 79.9. The van der Waals surface area contributed by atoms with Gasteiger partial charge in [0.25, 0.3) is 0 Å². The van der Waals surface area contributed by atoms with Gasteiger partial charge in [0, 0.05) is 10.0 Å². The third-order valence-electron chi connectivity index (χ3n) is 2.86. The number of aromatic nitrogens is 3. The first-order valence-electron chi connectivity index (χ1n) is 5.89. The molecule has 0 aliphatic rings. The highest BCUT2D eigenvalue weighted by Gasteiger charge is 2.14. The van der Waals surface area contributed by atoms with E-state index in [1.165, 1.54) is 11.6 Å². The molecule has 3 aromatic rings. The van der Waals surface area contributed by atoms with Gasteiger partial charge in [-0.1, -0.05) is 34.1 Å². The molecule has 0 saturated carbocycles. The molecule has 100 valence electrons. The van der Waals surface area contributed by atoms with Gasteiger partial charge in [-0.05, 0) is 24.3 Å². The molecule has 0 saturated heterocycles. The topological polar surface area (TPSA) is 56.5 Å². The smallest absolute Gasteiger partial charge is 0.356 e. The van der Waals surface area contributed by atoms with Crippen molar-refractivity contribution in [1.29, 1.82) is 0 Å². The van der Waals surface area contributed by atoms with Crippen LogP contribution in [0.15, 0.2) is 46.9 Å². The van der Waals surface area contributed by atoms with Crippen molar-refractivity contribution in [2.75, 3.05) is 7.11 Å². The Labute approximate surface area is 123 Å². The second kappa shape index (κ2) is 5.05. The number of rotatable bonds is 2. The van der Waals surface area contributed by atoms with Crippen molar-refractivity contribution in [3.63, 3.8) is 0 Å². The molecular weight excluding hydrogens is 322 g/mol. The number of carbonyl (C=O) groups excluding carboxylic acids is 1. The van der Waals surface area contributed by atoms with E-state index in [-0.39, 0.29) is 0 Å². The van der Waals surface area contributed by atoms with Crippen molar-refractivity contribution in [3.05, 3.63) is 52.6 Å².